The summed E-state index contributed by atoms with van der Waals surface area (Å²) >= 11 is 1.38. The Labute approximate surface area is 217 Å². The highest BCUT2D eigenvalue weighted by Gasteiger charge is 2.42. The number of ether oxygens (including phenoxy) is 1. The van der Waals surface area contributed by atoms with Crippen molar-refractivity contribution in [3.05, 3.63) is 22.8 Å². The predicted octanol–water partition coefficient (Wildman–Crippen LogP) is 6.19. The maximum atomic E-state index is 12.5. The number of thioether (sulfide) groups is 1. The Kier molecular flexibility index (Phi) is 10.2. The molecule has 0 aliphatic heterocycles. The molecule has 0 bridgehead atoms. The fraction of sp³-hybridized carbons (Fsp3) is 0.680. The van der Waals surface area contributed by atoms with Crippen molar-refractivity contribution in [2.75, 3.05) is 12.9 Å². The van der Waals surface area contributed by atoms with Crippen LogP contribution in [0.15, 0.2) is 6.07 Å². The first kappa shape index (κ1) is 31.5. The SMILES string of the molecule is COC(=O)C(N)CSCc1c(O[Si](C)(C)C(C)(C)C)cc(O[Si](C)(C)C(C)(C)C)c(C)c1C(=O)O. The van der Waals surface area contributed by atoms with Gasteiger partial charge < -0.3 is 24.4 Å². The van der Waals surface area contributed by atoms with E-state index in [1.165, 1.54) is 18.9 Å². The number of nitrogens with two attached hydrogens (primary N) is 1. The van der Waals surface area contributed by atoms with Crippen molar-refractivity contribution in [3.8, 4) is 11.5 Å². The number of esters is 1. The molecule has 200 valence electrons. The largest absolute Gasteiger partial charge is 0.543 e. The van der Waals surface area contributed by atoms with Crippen molar-refractivity contribution >= 4 is 40.3 Å². The minimum absolute atomic E-state index is 0.0537. The smallest absolute Gasteiger partial charge is 0.336 e. The van der Waals surface area contributed by atoms with Crippen molar-refractivity contribution in [3.63, 3.8) is 0 Å². The molecule has 1 atom stereocenters. The van der Waals surface area contributed by atoms with Crippen molar-refractivity contribution in [2.24, 2.45) is 5.73 Å². The number of methoxy groups -OCH3 is 1. The molecule has 1 aromatic rings. The molecule has 10 heteroatoms. The van der Waals surface area contributed by atoms with Crippen LogP contribution >= 0.6 is 11.8 Å². The Morgan fingerprint density at radius 1 is 1.00 bits per heavy atom. The topological polar surface area (TPSA) is 108 Å². The van der Waals surface area contributed by atoms with Gasteiger partial charge in [-0.3, -0.25) is 4.79 Å². The standard InChI is InChI=1S/C25H45NO6SSi2/c1-16-19(31-34(9,10)24(2,3)4)13-20(32-35(11,12)25(5,6)7)17(21(16)22(27)28)14-33-15-18(26)23(29)30-8/h13,18H,14-15,26H2,1-12H3,(H,27,28). The fourth-order valence-electron chi connectivity index (χ4n) is 2.78. The second-order valence-corrected chi connectivity index (χ2v) is 22.5. The van der Waals surface area contributed by atoms with Crippen LogP contribution in [0, 0.1) is 6.92 Å². The van der Waals surface area contributed by atoms with Gasteiger partial charge in [0.1, 0.15) is 17.5 Å². The average molecular weight is 544 g/mol. The number of carboxylic acid groups (broad SMARTS) is 1. The summed E-state index contributed by atoms with van der Waals surface area (Å²) in [7, 11) is -3.24. The van der Waals surface area contributed by atoms with Crippen molar-refractivity contribution in [1.82, 2.24) is 0 Å². The second kappa shape index (κ2) is 11.3. The van der Waals surface area contributed by atoms with E-state index in [1.807, 2.05) is 6.07 Å². The monoisotopic (exact) mass is 543 g/mol. The van der Waals surface area contributed by atoms with Crippen LogP contribution in [-0.2, 0) is 15.3 Å². The van der Waals surface area contributed by atoms with E-state index in [9.17, 15) is 14.7 Å². The summed E-state index contributed by atoms with van der Waals surface area (Å²) in [5.74, 6) is 0.193. The maximum absolute atomic E-state index is 12.5. The molecule has 0 aromatic heterocycles. The van der Waals surface area contributed by atoms with Gasteiger partial charge >= 0.3 is 11.9 Å². The van der Waals surface area contributed by atoms with Crippen LogP contribution in [0.2, 0.25) is 36.3 Å². The number of hydrogen-bond donors (Lipinski definition) is 2. The van der Waals surface area contributed by atoms with E-state index in [0.717, 1.165) is 0 Å². The van der Waals surface area contributed by atoms with E-state index in [1.54, 1.807) is 6.92 Å². The first-order valence-electron chi connectivity index (χ1n) is 11.8. The number of carbonyl (C=O) groups is 2. The number of rotatable bonds is 10. The summed E-state index contributed by atoms with van der Waals surface area (Å²) < 4.78 is 18.0. The summed E-state index contributed by atoms with van der Waals surface area (Å²) in [5.41, 5.74) is 7.26. The molecular formula is C25H45NO6SSi2. The third-order valence-electron chi connectivity index (χ3n) is 7.21. The van der Waals surface area contributed by atoms with Crippen LogP contribution in [0.4, 0.5) is 0 Å². The lowest BCUT2D eigenvalue weighted by Crippen LogP contribution is -2.45. The summed E-state index contributed by atoms with van der Waals surface area (Å²) in [5, 5.41) is 10.1. The van der Waals surface area contributed by atoms with Gasteiger partial charge in [-0.05, 0) is 43.2 Å². The van der Waals surface area contributed by atoms with Crippen LogP contribution in [0.1, 0.15) is 63.0 Å². The Morgan fingerprint density at radius 2 is 1.46 bits per heavy atom. The Hall–Kier alpha value is -1.50. The highest BCUT2D eigenvalue weighted by atomic mass is 32.2. The molecule has 1 unspecified atom stereocenters. The van der Waals surface area contributed by atoms with Crippen molar-refractivity contribution in [1.29, 1.82) is 0 Å². The Balaban J connectivity index is 3.67. The molecule has 0 radical (unpaired) electrons. The quantitative estimate of drug-likeness (QED) is 0.265. The lowest BCUT2D eigenvalue weighted by molar-refractivity contribution is -0.141. The highest BCUT2D eigenvalue weighted by molar-refractivity contribution is 7.98. The van der Waals surface area contributed by atoms with Gasteiger partial charge in [0.15, 0.2) is 0 Å². The minimum atomic E-state index is -2.30. The zero-order chi connectivity index (χ0) is 27.6. The van der Waals surface area contributed by atoms with Crippen molar-refractivity contribution < 1.29 is 28.3 Å². The molecule has 7 nitrogen and oxygen atoms in total. The fourth-order valence-corrected chi connectivity index (χ4v) is 5.89. The van der Waals surface area contributed by atoms with E-state index in [4.69, 9.17) is 19.3 Å². The van der Waals surface area contributed by atoms with Crippen LogP contribution in [0.25, 0.3) is 0 Å². The molecule has 0 aliphatic carbocycles. The molecule has 1 aromatic carbocycles. The minimum Gasteiger partial charge on any atom is -0.543 e. The number of hydrogen-bond acceptors (Lipinski definition) is 7. The third kappa shape index (κ3) is 7.74. The second-order valence-electron chi connectivity index (χ2n) is 12.0. The molecule has 3 N–H and O–H groups in total. The van der Waals surface area contributed by atoms with E-state index >= 15 is 0 Å². The zero-order valence-electron chi connectivity index (χ0n) is 23.5. The lowest BCUT2D eigenvalue weighted by Gasteiger charge is -2.39. The normalized spacial score (nSPS) is 13.9. The van der Waals surface area contributed by atoms with Gasteiger partial charge in [0.05, 0.1) is 12.7 Å². The molecule has 1 rings (SSSR count). The lowest BCUT2D eigenvalue weighted by atomic mass is 10.0. The molecule has 0 saturated carbocycles. The third-order valence-corrected chi connectivity index (χ3v) is 17.0. The van der Waals surface area contributed by atoms with Crippen LogP contribution < -0.4 is 14.6 Å². The van der Waals surface area contributed by atoms with Gasteiger partial charge in [0.25, 0.3) is 0 Å². The molecule has 0 spiro atoms. The van der Waals surface area contributed by atoms with Gasteiger partial charge in [-0.2, -0.15) is 11.8 Å². The summed E-state index contributed by atoms with van der Waals surface area (Å²) in [6.07, 6.45) is 0. The van der Waals surface area contributed by atoms with E-state index in [2.05, 4.69) is 67.7 Å². The van der Waals surface area contributed by atoms with Gasteiger partial charge in [-0.15, -0.1) is 0 Å². The number of benzene rings is 1. The van der Waals surface area contributed by atoms with Crippen LogP contribution in [-0.4, -0.2) is 52.6 Å². The summed E-state index contributed by atoms with van der Waals surface area (Å²) in [6, 6.07) is 1.09. The zero-order valence-corrected chi connectivity index (χ0v) is 26.4. The average Bonchev–Trinajstić information content (AvgIpc) is 2.67. The molecule has 0 heterocycles. The highest BCUT2D eigenvalue weighted by Crippen LogP contribution is 2.44. The molecule has 0 fully saturated rings. The van der Waals surface area contributed by atoms with Crippen LogP contribution in [0.3, 0.4) is 0 Å². The number of carbonyl (C=O) groups excluding carboxylic acids is 1. The van der Waals surface area contributed by atoms with Gasteiger partial charge in [0.2, 0.25) is 16.6 Å². The molecule has 0 aliphatic rings. The Morgan fingerprint density at radius 3 is 1.86 bits per heavy atom. The molecule has 35 heavy (non-hydrogen) atoms. The molecule has 0 amide bonds. The number of aromatic carboxylic acids is 1. The summed E-state index contributed by atoms with van der Waals surface area (Å²) in [6.45, 7) is 23.2. The molecule has 0 saturated heterocycles. The molecular weight excluding hydrogens is 499 g/mol. The first-order chi connectivity index (χ1) is 15.7. The van der Waals surface area contributed by atoms with Gasteiger partial charge in [-0.25, -0.2) is 4.79 Å². The van der Waals surface area contributed by atoms with Gasteiger partial charge in [-0.1, -0.05) is 41.5 Å². The summed E-state index contributed by atoms with van der Waals surface area (Å²) in [4.78, 5) is 24.2. The first-order valence-corrected chi connectivity index (χ1v) is 18.8. The van der Waals surface area contributed by atoms with E-state index in [0.29, 0.717) is 34.1 Å². The van der Waals surface area contributed by atoms with Crippen LogP contribution in [0.5, 0.6) is 11.5 Å². The van der Waals surface area contributed by atoms with Gasteiger partial charge in [0, 0.05) is 28.7 Å². The van der Waals surface area contributed by atoms with E-state index < -0.39 is 34.6 Å². The Bertz CT molecular complexity index is 935. The number of carboxylic acids is 1. The predicted molar refractivity (Wildman–Crippen MR) is 150 cm³/mol. The maximum Gasteiger partial charge on any atom is 0.336 e. The van der Waals surface area contributed by atoms with E-state index in [-0.39, 0.29) is 15.6 Å². The van der Waals surface area contributed by atoms with Crippen molar-refractivity contribution in [2.45, 2.75) is 96.5 Å².